The number of nitrogens with zero attached hydrogens (tertiary/aromatic N) is 1. The van der Waals surface area contributed by atoms with Crippen LogP contribution in [0.1, 0.15) is 37.8 Å². The van der Waals surface area contributed by atoms with E-state index in [0.29, 0.717) is 5.92 Å². The number of benzene rings is 2. The second-order valence-corrected chi connectivity index (χ2v) is 7.41. The minimum atomic E-state index is -0.136. The molecule has 0 radical (unpaired) electrons. The van der Waals surface area contributed by atoms with Crippen LogP contribution in [0.15, 0.2) is 48.5 Å². The first kappa shape index (κ1) is 20.3. The van der Waals surface area contributed by atoms with Gasteiger partial charge in [-0.05, 0) is 61.8 Å². The van der Waals surface area contributed by atoms with Gasteiger partial charge in [-0.1, -0.05) is 44.5 Å². The van der Waals surface area contributed by atoms with Gasteiger partial charge in [-0.25, -0.2) is 0 Å². The summed E-state index contributed by atoms with van der Waals surface area (Å²) in [4.78, 5) is 2.29. The van der Waals surface area contributed by atoms with Gasteiger partial charge in [0, 0.05) is 12.0 Å². The fraction of sp³-hybridized carbons (Fsp3) is 0.478. The second-order valence-electron chi connectivity index (χ2n) is 7.41. The van der Waals surface area contributed by atoms with Crippen LogP contribution < -0.4 is 9.47 Å². The van der Waals surface area contributed by atoms with Crippen molar-refractivity contribution in [2.75, 3.05) is 34.9 Å². The molecule has 1 atom stereocenters. The summed E-state index contributed by atoms with van der Waals surface area (Å²) >= 11 is 0. The summed E-state index contributed by atoms with van der Waals surface area (Å²) in [5.74, 6) is 2.27. The fourth-order valence-electron chi connectivity index (χ4n) is 3.88. The maximum absolute atomic E-state index is 5.52. The summed E-state index contributed by atoms with van der Waals surface area (Å²) < 4.78 is 11.0. The fourth-order valence-corrected chi connectivity index (χ4v) is 3.88. The van der Waals surface area contributed by atoms with Crippen molar-refractivity contribution in [1.82, 2.24) is 4.90 Å². The predicted octanol–water partition coefficient (Wildman–Crippen LogP) is 4.99. The second kappa shape index (κ2) is 9.09. The van der Waals surface area contributed by atoms with E-state index in [1.165, 1.54) is 11.1 Å². The van der Waals surface area contributed by atoms with Crippen molar-refractivity contribution in [1.29, 1.82) is 0 Å². The van der Waals surface area contributed by atoms with Crippen LogP contribution in [0.25, 0.3) is 0 Å². The summed E-state index contributed by atoms with van der Waals surface area (Å²) in [5.41, 5.74) is 2.43. The lowest BCUT2D eigenvalue weighted by Gasteiger charge is -2.40. The Kier molecular flexibility index (Phi) is 7.10. The first-order valence-corrected chi connectivity index (χ1v) is 9.39. The van der Waals surface area contributed by atoms with Crippen molar-refractivity contribution in [2.45, 2.75) is 32.1 Å². The molecular formula is C23H33NO2. The number of hydrogen-bond acceptors (Lipinski definition) is 3. The number of methoxy groups -OCH3 is 2. The Morgan fingerprint density at radius 2 is 1.42 bits per heavy atom. The van der Waals surface area contributed by atoms with Crippen LogP contribution in [0.4, 0.5) is 0 Å². The van der Waals surface area contributed by atoms with Crippen LogP contribution in [-0.4, -0.2) is 39.8 Å². The first-order valence-electron chi connectivity index (χ1n) is 9.39. The number of rotatable bonds is 9. The first-order chi connectivity index (χ1) is 12.4. The molecule has 0 fully saturated rings. The zero-order valence-corrected chi connectivity index (χ0v) is 17.1. The van der Waals surface area contributed by atoms with Crippen LogP contribution in [0.2, 0.25) is 0 Å². The highest BCUT2D eigenvalue weighted by Crippen LogP contribution is 2.43. The average Bonchev–Trinajstić information content (AvgIpc) is 2.66. The molecule has 0 aliphatic rings. The minimum Gasteiger partial charge on any atom is -0.497 e. The SMILES string of the molecule is CCCC(CN(C)C)C(C)(c1cccc(OC)c1)c1cccc(OC)c1. The lowest BCUT2D eigenvalue weighted by Crippen LogP contribution is -2.39. The van der Waals surface area contributed by atoms with Gasteiger partial charge in [-0.3, -0.25) is 0 Å². The van der Waals surface area contributed by atoms with E-state index in [1.54, 1.807) is 14.2 Å². The molecule has 2 aromatic rings. The van der Waals surface area contributed by atoms with Crippen molar-refractivity contribution in [3.63, 3.8) is 0 Å². The topological polar surface area (TPSA) is 21.7 Å². The summed E-state index contributed by atoms with van der Waals surface area (Å²) in [6, 6.07) is 17.0. The molecular weight excluding hydrogens is 322 g/mol. The van der Waals surface area contributed by atoms with Gasteiger partial charge in [0.2, 0.25) is 0 Å². The lowest BCUT2D eigenvalue weighted by molar-refractivity contribution is 0.234. The number of ether oxygens (including phenoxy) is 2. The highest BCUT2D eigenvalue weighted by Gasteiger charge is 2.38. The molecule has 0 amide bonds. The summed E-state index contributed by atoms with van der Waals surface area (Å²) in [7, 11) is 7.76. The third-order valence-electron chi connectivity index (χ3n) is 5.38. The van der Waals surface area contributed by atoms with E-state index in [9.17, 15) is 0 Å². The predicted molar refractivity (Wildman–Crippen MR) is 109 cm³/mol. The zero-order valence-electron chi connectivity index (χ0n) is 17.1. The molecule has 26 heavy (non-hydrogen) atoms. The Labute approximate surface area is 158 Å². The van der Waals surface area contributed by atoms with Gasteiger partial charge in [-0.15, -0.1) is 0 Å². The smallest absolute Gasteiger partial charge is 0.119 e. The van der Waals surface area contributed by atoms with E-state index in [4.69, 9.17) is 9.47 Å². The summed E-state index contributed by atoms with van der Waals surface area (Å²) in [6.07, 6.45) is 2.31. The molecule has 142 valence electrons. The molecule has 0 N–H and O–H groups in total. The monoisotopic (exact) mass is 355 g/mol. The van der Waals surface area contributed by atoms with E-state index in [1.807, 2.05) is 12.1 Å². The van der Waals surface area contributed by atoms with Gasteiger partial charge in [0.05, 0.1) is 14.2 Å². The molecule has 0 saturated heterocycles. The van der Waals surface area contributed by atoms with Gasteiger partial charge in [0.15, 0.2) is 0 Å². The molecule has 2 aromatic carbocycles. The summed E-state index contributed by atoms with van der Waals surface area (Å²) in [5, 5.41) is 0. The van der Waals surface area contributed by atoms with Gasteiger partial charge in [-0.2, -0.15) is 0 Å². The molecule has 3 nitrogen and oxygen atoms in total. The number of hydrogen-bond donors (Lipinski definition) is 0. The Hall–Kier alpha value is -2.00. The van der Waals surface area contributed by atoms with E-state index < -0.39 is 0 Å². The molecule has 2 rings (SSSR count). The Morgan fingerprint density at radius 3 is 1.81 bits per heavy atom. The van der Waals surface area contributed by atoms with Crippen LogP contribution in [0, 0.1) is 5.92 Å². The van der Waals surface area contributed by atoms with E-state index in [-0.39, 0.29) is 5.41 Å². The van der Waals surface area contributed by atoms with E-state index in [0.717, 1.165) is 30.9 Å². The van der Waals surface area contributed by atoms with Crippen molar-refractivity contribution >= 4 is 0 Å². The molecule has 0 saturated carbocycles. The third kappa shape index (κ3) is 4.39. The molecule has 0 aliphatic carbocycles. The molecule has 0 aliphatic heterocycles. The van der Waals surface area contributed by atoms with Gasteiger partial charge >= 0.3 is 0 Å². The largest absolute Gasteiger partial charge is 0.497 e. The van der Waals surface area contributed by atoms with Crippen molar-refractivity contribution in [2.24, 2.45) is 5.92 Å². The molecule has 3 heteroatoms. The van der Waals surface area contributed by atoms with Crippen LogP contribution in [-0.2, 0) is 5.41 Å². The summed E-state index contributed by atoms with van der Waals surface area (Å²) in [6.45, 7) is 5.65. The zero-order chi connectivity index (χ0) is 19.2. The third-order valence-corrected chi connectivity index (χ3v) is 5.38. The van der Waals surface area contributed by atoms with Gasteiger partial charge < -0.3 is 14.4 Å². The normalized spacial score (nSPS) is 12.9. The van der Waals surface area contributed by atoms with E-state index >= 15 is 0 Å². The standard InChI is InChI=1S/C23H33NO2/c1-7-10-20(17-24(3)4)23(2,18-11-8-13-21(15-18)25-5)19-12-9-14-22(16-19)26-6/h8-9,11-16,20H,7,10,17H2,1-6H3. The molecule has 0 spiro atoms. The van der Waals surface area contributed by atoms with Crippen molar-refractivity contribution in [3.8, 4) is 11.5 Å². The molecule has 0 heterocycles. The van der Waals surface area contributed by atoms with Crippen LogP contribution in [0.3, 0.4) is 0 Å². The minimum absolute atomic E-state index is 0.136. The Balaban J connectivity index is 2.65. The van der Waals surface area contributed by atoms with Crippen molar-refractivity contribution < 1.29 is 9.47 Å². The molecule has 0 aromatic heterocycles. The average molecular weight is 356 g/mol. The Morgan fingerprint density at radius 1 is 0.923 bits per heavy atom. The van der Waals surface area contributed by atoms with Gasteiger partial charge in [0.1, 0.15) is 11.5 Å². The highest BCUT2D eigenvalue weighted by molar-refractivity contribution is 5.45. The van der Waals surface area contributed by atoms with Gasteiger partial charge in [0.25, 0.3) is 0 Å². The maximum Gasteiger partial charge on any atom is 0.119 e. The quantitative estimate of drug-likeness (QED) is 0.633. The molecule has 1 unspecified atom stereocenters. The lowest BCUT2D eigenvalue weighted by atomic mass is 9.65. The maximum atomic E-state index is 5.52. The highest BCUT2D eigenvalue weighted by atomic mass is 16.5. The Bertz CT molecular complexity index is 649. The molecule has 0 bridgehead atoms. The van der Waals surface area contributed by atoms with Crippen molar-refractivity contribution in [3.05, 3.63) is 59.7 Å². The van der Waals surface area contributed by atoms with E-state index in [2.05, 4.69) is 69.2 Å². The van der Waals surface area contributed by atoms with Crippen LogP contribution >= 0.6 is 0 Å². The van der Waals surface area contributed by atoms with Crippen LogP contribution in [0.5, 0.6) is 11.5 Å².